The highest BCUT2D eigenvalue weighted by Crippen LogP contribution is 2.37. The second kappa shape index (κ2) is 6.15. The van der Waals surface area contributed by atoms with Crippen LogP contribution in [-0.2, 0) is 4.74 Å². The Morgan fingerprint density at radius 3 is 1.83 bits per heavy atom. The van der Waals surface area contributed by atoms with Crippen LogP contribution in [0.5, 0.6) is 5.75 Å². The van der Waals surface area contributed by atoms with E-state index in [2.05, 4.69) is 5.32 Å². The summed E-state index contributed by atoms with van der Waals surface area (Å²) >= 11 is 0. The van der Waals surface area contributed by atoms with Crippen LogP contribution in [0.25, 0.3) is 0 Å². The van der Waals surface area contributed by atoms with Crippen LogP contribution in [0.1, 0.15) is 52.6 Å². The Balaban J connectivity index is 3.49. The van der Waals surface area contributed by atoms with Crippen LogP contribution in [0.15, 0.2) is 0 Å². The number of aromatic carboxylic acids is 2. The third-order valence-corrected chi connectivity index (χ3v) is 3.09. The van der Waals surface area contributed by atoms with E-state index >= 15 is 0 Å². The molecule has 0 atom stereocenters. The van der Waals surface area contributed by atoms with Crippen molar-refractivity contribution in [3.05, 3.63) is 22.3 Å². The smallest absolute Gasteiger partial charge is 0.412 e. The Morgan fingerprint density at radius 2 is 1.43 bits per heavy atom. The summed E-state index contributed by atoms with van der Waals surface area (Å²) in [5.41, 5.74) is -1.94. The lowest BCUT2D eigenvalue weighted by atomic mass is 9.94. The molecule has 0 aliphatic heterocycles. The zero-order valence-electron chi connectivity index (χ0n) is 13.5. The molecule has 4 N–H and O–H groups in total. The van der Waals surface area contributed by atoms with E-state index in [1.807, 2.05) is 0 Å². The molecule has 0 bridgehead atoms. The van der Waals surface area contributed by atoms with E-state index in [0.717, 1.165) is 0 Å². The Bertz CT molecular complexity index is 686. The van der Waals surface area contributed by atoms with Gasteiger partial charge >= 0.3 is 18.0 Å². The second-order valence-electron chi connectivity index (χ2n) is 5.96. The fourth-order valence-electron chi connectivity index (χ4n) is 2.02. The fraction of sp³-hybridized carbons (Fsp3) is 0.400. The molecule has 0 unspecified atom stereocenters. The molecule has 8 nitrogen and oxygen atoms in total. The molecule has 0 fully saturated rings. The number of aromatic hydroxyl groups is 1. The summed E-state index contributed by atoms with van der Waals surface area (Å²) in [5.74, 6) is -3.93. The molecule has 1 aromatic carbocycles. The van der Waals surface area contributed by atoms with Gasteiger partial charge in [-0.1, -0.05) is 0 Å². The topological polar surface area (TPSA) is 133 Å². The van der Waals surface area contributed by atoms with Crippen molar-refractivity contribution in [1.29, 1.82) is 0 Å². The Morgan fingerprint density at radius 1 is 0.957 bits per heavy atom. The molecule has 0 saturated heterocycles. The van der Waals surface area contributed by atoms with E-state index in [-0.39, 0.29) is 16.8 Å². The molecule has 1 rings (SSSR count). The Hall–Kier alpha value is -2.77. The number of carbonyl (C=O) groups is 3. The number of hydrogen-bond donors (Lipinski definition) is 4. The number of benzene rings is 1. The number of carboxylic acid groups (broad SMARTS) is 2. The number of nitrogens with one attached hydrogen (secondary N) is 1. The van der Waals surface area contributed by atoms with Crippen molar-refractivity contribution in [3.63, 3.8) is 0 Å². The van der Waals surface area contributed by atoms with Gasteiger partial charge < -0.3 is 20.1 Å². The molecule has 0 aromatic heterocycles. The normalized spacial score (nSPS) is 11.0. The molecule has 23 heavy (non-hydrogen) atoms. The van der Waals surface area contributed by atoms with Crippen molar-refractivity contribution >= 4 is 23.7 Å². The van der Waals surface area contributed by atoms with Crippen LogP contribution in [0, 0.1) is 13.8 Å². The van der Waals surface area contributed by atoms with Gasteiger partial charge in [-0.2, -0.15) is 0 Å². The minimum Gasteiger partial charge on any atom is -0.505 e. The van der Waals surface area contributed by atoms with Gasteiger partial charge in [0.2, 0.25) is 0 Å². The summed E-state index contributed by atoms with van der Waals surface area (Å²) in [5, 5.41) is 30.8. The van der Waals surface area contributed by atoms with Gasteiger partial charge in [-0.3, -0.25) is 5.32 Å². The predicted molar refractivity (Wildman–Crippen MR) is 81.4 cm³/mol. The predicted octanol–water partition coefficient (Wildman–Crippen LogP) is 2.75. The van der Waals surface area contributed by atoms with Crippen molar-refractivity contribution in [2.24, 2.45) is 0 Å². The van der Waals surface area contributed by atoms with Crippen LogP contribution in [0.4, 0.5) is 10.5 Å². The number of amides is 1. The van der Waals surface area contributed by atoms with Crippen molar-refractivity contribution in [2.75, 3.05) is 5.32 Å². The van der Waals surface area contributed by atoms with Gasteiger partial charge in [-0.05, 0) is 45.7 Å². The average Bonchev–Trinajstić information content (AvgIpc) is 2.35. The molecular formula is C15H19NO7. The van der Waals surface area contributed by atoms with Crippen molar-refractivity contribution in [1.82, 2.24) is 0 Å². The Kier molecular flexibility index (Phi) is 4.89. The highest BCUT2D eigenvalue weighted by molar-refractivity contribution is 6.08. The first-order valence-corrected chi connectivity index (χ1v) is 6.69. The molecule has 0 aliphatic rings. The SMILES string of the molecule is Cc1c(C)c(C(=O)O)c(C(=O)O)c(O)c1NC(=O)OC(C)(C)C. The Labute approximate surface area is 132 Å². The first-order chi connectivity index (χ1) is 10.4. The summed E-state index contributed by atoms with van der Waals surface area (Å²) in [6.45, 7) is 7.77. The fourth-order valence-corrected chi connectivity index (χ4v) is 2.02. The van der Waals surface area contributed by atoms with Crippen LogP contribution in [0.2, 0.25) is 0 Å². The lowest BCUT2D eigenvalue weighted by Gasteiger charge is -2.22. The molecular weight excluding hydrogens is 306 g/mol. The summed E-state index contributed by atoms with van der Waals surface area (Å²) in [7, 11) is 0. The minimum absolute atomic E-state index is 0.124. The molecule has 1 aromatic rings. The van der Waals surface area contributed by atoms with Crippen molar-refractivity contribution in [2.45, 2.75) is 40.2 Å². The third-order valence-electron chi connectivity index (χ3n) is 3.09. The first kappa shape index (κ1) is 18.3. The van der Waals surface area contributed by atoms with Crippen LogP contribution in [0.3, 0.4) is 0 Å². The van der Waals surface area contributed by atoms with Crippen LogP contribution >= 0.6 is 0 Å². The van der Waals surface area contributed by atoms with Gasteiger partial charge in [-0.15, -0.1) is 0 Å². The number of phenols is 1. The lowest BCUT2D eigenvalue weighted by molar-refractivity contribution is 0.0631. The van der Waals surface area contributed by atoms with E-state index in [0.29, 0.717) is 0 Å². The van der Waals surface area contributed by atoms with E-state index in [1.165, 1.54) is 13.8 Å². The molecule has 0 heterocycles. The van der Waals surface area contributed by atoms with Gasteiger partial charge in [0.05, 0.1) is 11.3 Å². The summed E-state index contributed by atoms with van der Waals surface area (Å²) in [6, 6.07) is 0. The van der Waals surface area contributed by atoms with Crippen molar-refractivity contribution in [3.8, 4) is 5.75 Å². The lowest BCUT2D eigenvalue weighted by Crippen LogP contribution is -2.28. The van der Waals surface area contributed by atoms with Gasteiger partial charge in [0, 0.05) is 0 Å². The minimum atomic E-state index is -1.62. The summed E-state index contributed by atoms with van der Waals surface area (Å²) in [6.07, 6.45) is -0.894. The summed E-state index contributed by atoms with van der Waals surface area (Å²) in [4.78, 5) is 34.4. The second-order valence-corrected chi connectivity index (χ2v) is 5.96. The quantitative estimate of drug-likeness (QED) is 0.628. The molecule has 0 aliphatic carbocycles. The molecule has 0 radical (unpaired) electrons. The highest BCUT2D eigenvalue weighted by atomic mass is 16.6. The number of carbonyl (C=O) groups excluding carboxylic acids is 1. The number of carboxylic acids is 2. The van der Waals surface area contributed by atoms with Gasteiger partial charge in [0.15, 0.2) is 5.75 Å². The number of rotatable bonds is 3. The van der Waals surface area contributed by atoms with Gasteiger partial charge in [-0.25, -0.2) is 14.4 Å². The number of ether oxygens (including phenoxy) is 1. The maximum Gasteiger partial charge on any atom is 0.412 e. The maximum absolute atomic E-state index is 11.8. The molecule has 0 saturated carbocycles. The van der Waals surface area contributed by atoms with E-state index in [4.69, 9.17) is 4.74 Å². The van der Waals surface area contributed by atoms with E-state index in [1.54, 1.807) is 20.8 Å². The summed E-state index contributed by atoms with van der Waals surface area (Å²) < 4.78 is 5.04. The molecule has 8 heteroatoms. The first-order valence-electron chi connectivity index (χ1n) is 6.69. The standard InChI is InChI=1S/C15H19NO7/c1-6-7(2)10(16-14(22)23-15(3,4)5)11(17)9(13(20)21)8(6)12(18)19/h17H,1-5H3,(H,16,22)(H,18,19)(H,20,21). The maximum atomic E-state index is 11.8. The largest absolute Gasteiger partial charge is 0.505 e. The highest BCUT2D eigenvalue weighted by Gasteiger charge is 2.29. The molecule has 126 valence electrons. The van der Waals surface area contributed by atoms with Crippen LogP contribution in [-0.4, -0.2) is 39.0 Å². The third kappa shape index (κ3) is 3.91. The number of hydrogen-bond acceptors (Lipinski definition) is 5. The van der Waals surface area contributed by atoms with Crippen molar-refractivity contribution < 1.29 is 34.4 Å². The average molecular weight is 325 g/mol. The molecule has 1 amide bonds. The van der Waals surface area contributed by atoms with Gasteiger partial charge in [0.1, 0.15) is 11.2 Å². The molecule has 0 spiro atoms. The zero-order chi connectivity index (χ0) is 18.1. The van der Waals surface area contributed by atoms with Crippen LogP contribution < -0.4 is 5.32 Å². The zero-order valence-corrected chi connectivity index (χ0v) is 13.5. The van der Waals surface area contributed by atoms with E-state index in [9.17, 15) is 29.7 Å². The monoisotopic (exact) mass is 325 g/mol. The van der Waals surface area contributed by atoms with E-state index < -0.39 is 40.5 Å². The number of anilines is 1. The van der Waals surface area contributed by atoms with Gasteiger partial charge in [0.25, 0.3) is 0 Å².